The number of rotatable bonds is 4. The van der Waals surface area contributed by atoms with Gasteiger partial charge in [0.1, 0.15) is 5.60 Å². The predicted octanol–water partition coefficient (Wildman–Crippen LogP) is 3.75. The van der Waals surface area contributed by atoms with Crippen molar-refractivity contribution in [3.63, 3.8) is 0 Å². The molecule has 22 heavy (non-hydrogen) atoms. The lowest BCUT2D eigenvalue weighted by atomic mass is 10.1. The second kappa shape index (κ2) is 6.92. The Balaban J connectivity index is 2.88. The molecule has 124 valence electrons. The molecule has 0 unspecified atom stereocenters. The fraction of sp³-hybridized carbons (Fsp3) is 0.588. The Hall–Kier alpha value is -1.20. The molecule has 0 aliphatic heterocycles. The average Bonchev–Trinajstić information content (AvgIpc) is 2.35. The predicted molar refractivity (Wildman–Crippen MR) is 91.1 cm³/mol. The van der Waals surface area contributed by atoms with Gasteiger partial charge in [0.2, 0.25) is 0 Å². The third-order valence-corrected chi connectivity index (χ3v) is 4.54. The maximum absolute atomic E-state index is 12.2. The van der Waals surface area contributed by atoms with Crippen LogP contribution in [0.3, 0.4) is 0 Å². The molecule has 0 saturated carbocycles. The van der Waals surface area contributed by atoms with Crippen molar-refractivity contribution >= 4 is 17.0 Å². The number of carbonyl (C=O) groups is 1. The topological polar surface area (TPSA) is 55.4 Å². The average molecular weight is 325 g/mol. The molecule has 0 radical (unpaired) electrons. The van der Waals surface area contributed by atoms with Gasteiger partial charge in [0, 0.05) is 6.04 Å². The second-order valence-corrected chi connectivity index (χ2v) is 9.35. The molecule has 5 heteroatoms. The van der Waals surface area contributed by atoms with E-state index in [1.807, 2.05) is 60.6 Å². The molecule has 0 fully saturated rings. The highest BCUT2D eigenvalue weighted by Crippen LogP contribution is 2.19. The molecule has 0 aromatic heterocycles. The van der Waals surface area contributed by atoms with E-state index in [4.69, 9.17) is 4.74 Å². The first-order chi connectivity index (χ1) is 9.90. The Morgan fingerprint density at radius 2 is 1.77 bits per heavy atom. The van der Waals surface area contributed by atoms with Gasteiger partial charge in [-0.2, -0.15) is 0 Å². The molecule has 0 aliphatic rings. The minimum absolute atomic E-state index is 0.123. The van der Waals surface area contributed by atoms with Crippen LogP contribution < -0.4 is 4.72 Å². The maximum atomic E-state index is 12.2. The molecule has 0 heterocycles. The smallest absolute Gasteiger partial charge is 0.338 e. The summed E-state index contributed by atoms with van der Waals surface area (Å²) in [5.74, 6) is -0.349. The molecule has 2 atom stereocenters. The van der Waals surface area contributed by atoms with Crippen LogP contribution in [0.15, 0.2) is 24.3 Å². The highest BCUT2D eigenvalue weighted by molar-refractivity contribution is 7.84. The largest absolute Gasteiger partial charge is 0.456 e. The van der Waals surface area contributed by atoms with Gasteiger partial charge < -0.3 is 4.74 Å². The number of esters is 1. The molecule has 0 spiro atoms. The van der Waals surface area contributed by atoms with Gasteiger partial charge in [-0.25, -0.2) is 13.7 Å². The fourth-order valence-corrected chi connectivity index (χ4v) is 2.49. The monoisotopic (exact) mass is 325 g/mol. The van der Waals surface area contributed by atoms with Crippen LogP contribution in [0.25, 0.3) is 0 Å². The summed E-state index contributed by atoms with van der Waals surface area (Å²) in [6.07, 6.45) is 0. The zero-order valence-electron chi connectivity index (χ0n) is 14.5. The minimum Gasteiger partial charge on any atom is -0.456 e. The summed E-state index contributed by atoms with van der Waals surface area (Å²) < 4.78 is 20.3. The molecule has 1 aromatic carbocycles. The quantitative estimate of drug-likeness (QED) is 0.858. The van der Waals surface area contributed by atoms with Crippen molar-refractivity contribution < 1.29 is 13.7 Å². The first kappa shape index (κ1) is 18.8. The van der Waals surface area contributed by atoms with Gasteiger partial charge in [-0.15, -0.1) is 0 Å². The lowest BCUT2D eigenvalue weighted by Gasteiger charge is -2.23. The van der Waals surface area contributed by atoms with E-state index in [0.717, 1.165) is 5.56 Å². The van der Waals surface area contributed by atoms with E-state index < -0.39 is 16.6 Å². The van der Waals surface area contributed by atoms with Crippen molar-refractivity contribution in [3.05, 3.63) is 35.4 Å². The Morgan fingerprint density at radius 3 is 2.27 bits per heavy atom. The fourth-order valence-electron chi connectivity index (χ4n) is 1.68. The molecule has 0 aliphatic carbocycles. The van der Waals surface area contributed by atoms with Gasteiger partial charge in [0.05, 0.1) is 21.3 Å². The molecule has 1 N–H and O–H groups in total. The van der Waals surface area contributed by atoms with E-state index in [9.17, 15) is 9.00 Å². The van der Waals surface area contributed by atoms with Crippen LogP contribution in [0.1, 0.15) is 70.4 Å². The van der Waals surface area contributed by atoms with Gasteiger partial charge in [0.15, 0.2) is 0 Å². The van der Waals surface area contributed by atoms with Gasteiger partial charge >= 0.3 is 5.97 Å². The van der Waals surface area contributed by atoms with Crippen LogP contribution in [0.4, 0.5) is 0 Å². The third-order valence-electron chi connectivity index (χ3n) is 2.86. The van der Waals surface area contributed by atoms with Gasteiger partial charge in [-0.05, 0) is 66.2 Å². The number of nitrogens with one attached hydrogen (secondary N) is 1. The molecule has 0 bridgehead atoms. The van der Waals surface area contributed by atoms with Gasteiger partial charge in [-0.1, -0.05) is 12.1 Å². The van der Waals surface area contributed by atoms with Crippen LogP contribution >= 0.6 is 0 Å². The zero-order chi connectivity index (χ0) is 17.1. The van der Waals surface area contributed by atoms with E-state index in [0.29, 0.717) is 5.56 Å². The molecular weight excluding hydrogens is 298 g/mol. The summed E-state index contributed by atoms with van der Waals surface area (Å²) >= 11 is 0. The molecule has 0 saturated heterocycles. The standard InChI is InChI=1S/C17H27NO3S/c1-12(18-22(20)17(5,6)7)13-9-8-10-14(11-13)15(19)21-16(2,3)4/h8-12,18H,1-7H3/t12-,22+/m0/s1. The van der Waals surface area contributed by atoms with Crippen molar-refractivity contribution in [2.24, 2.45) is 0 Å². The van der Waals surface area contributed by atoms with Crippen LogP contribution in [-0.4, -0.2) is 20.5 Å². The summed E-state index contributed by atoms with van der Waals surface area (Å²) in [6, 6.07) is 7.11. The summed E-state index contributed by atoms with van der Waals surface area (Å²) in [5, 5.41) is 0. The summed E-state index contributed by atoms with van der Waals surface area (Å²) in [5.41, 5.74) is 0.883. The normalized spacial score (nSPS) is 15.2. The van der Waals surface area contributed by atoms with E-state index >= 15 is 0 Å². The highest BCUT2D eigenvalue weighted by Gasteiger charge is 2.22. The van der Waals surface area contributed by atoms with Crippen molar-refractivity contribution in [1.82, 2.24) is 4.72 Å². The molecule has 0 amide bonds. The zero-order valence-corrected chi connectivity index (χ0v) is 15.3. The number of ether oxygens (including phenoxy) is 1. The molecule has 1 aromatic rings. The molecule has 4 nitrogen and oxygen atoms in total. The van der Waals surface area contributed by atoms with Crippen LogP contribution in [0.5, 0.6) is 0 Å². The Labute approximate surface area is 136 Å². The van der Waals surface area contributed by atoms with Crippen molar-refractivity contribution in [2.45, 2.75) is 64.9 Å². The van der Waals surface area contributed by atoms with E-state index in [1.54, 1.807) is 12.1 Å². The number of benzene rings is 1. The second-order valence-electron chi connectivity index (χ2n) is 7.35. The van der Waals surface area contributed by atoms with Gasteiger partial charge in [0.25, 0.3) is 0 Å². The number of carbonyl (C=O) groups excluding carboxylic acids is 1. The number of hydrogen-bond acceptors (Lipinski definition) is 3. The molecule has 1 rings (SSSR count). The maximum Gasteiger partial charge on any atom is 0.338 e. The first-order valence-electron chi connectivity index (χ1n) is 7.41. The third kappa shape index (κ3) is 5.89. The lowest BCUT2D eigenvalue weighted by molar-refractivity contribution is 0.00694. The summed E-state index contributed by atoms with van der Waals surface area (Å²) in [7, 11) is -1.17. The first-order valence-corrected chi connectivity index (χ1v) is 8.56. The van der Waals surface area contributed by atoms with Crippen LogP contribution in [0.2, 0.25) is 0 Å². The summed E-state index contributed by atoms with van der Waals surface area (Å²) in [4.78, 5) is 12.1. The van der Waals surface area contributed by atoms with Crippen molar-refractivity contribution in [1.29, 1.82) is 0 Å². The van der Waals surface area contributed by atoms with Crippen LogP contribution in [-0.2, 0) is 15.7 Å². The Morgan fingerprint density at radius 1 is 1.18 bits per heavy atom. The van der Waals surface area contributed by atoms with Crippen LogP contribution in [0, 0.1) is 0 Å². The lowest BCUT2D eigenvalue weighted by Crippen LogP contribution is -2.34. The van der Waals surface area contributed by atoms with E-state index in [1.165, 1.54) is 0 Å². The van der Waals surface area contributed by atoms with Crippen molar-refractivity contribution in [2.75, 3.05) is 0 Å². The Bertz CT molecular complexity index is 556. The molecular formula is C17H27NO3S. The minimum atomic E-state index is -1.17. The summed E-state index contributed by atoms with van der Waals surface area (Å²) in [6.45, 7) is 13.2. The van der Waals surface area contributed by atoms with Gasteiger partial charge in [-0.3, -0.25) is 0 Å². The SMILES string of the molecule is C[C@H](N[S@](=O)C(C)(C)C)c1cccc(C(=O)OC(C)(C)C)c1. The van der Waals surface area contributed by atoms with E-state index in [2.05, 4.69) is 4.72 Å². The van der Waals surface area contributed by atoms with E-state index in [-0.39, 0.29) is 16.8 Å². The number of hydrogen-bond donors (Lipinski definition) is 1. The van der Waals surface area contributed by atoms with Crippen molar-refractivity contribution in [3.8, 4) is 0 Å². The highest BCUT2D eigenvalue weighted by atomic mass is 32.2. The Kier molecular flexibility index (Phi) is 5.93.